The largest absolute Gasteiger partial charge is 0.253 e. The van der Waals surface area contributed by atoms with Crippen molar-refractivity contribution >= 4 is 10.9 Å². The van der Waals surface area contributed by atoms with E-state index < -0.39 is 0 Å². The molecule has 1 nitrogen and oxygen atoms in total. The lowest BCUT2D eigenvalue weighted by atomic mass is 9.80. The zero-order chi connectivity index (χ0) is 13.5. The van der Waals surface area contributed by atoms with Gasteiger partial charge < -0.3 is 0 Å². The Labute approximate surface area is 116 Å². The van der Waals surface area contributed by atoms with Crippen molar-refractivity contribution < 1.29 is 0 Å². The lowest BCUT2D eigenvalue weighted by Crippen LogP contribution is -2.17. The van der Waals surface area contributed by atoms with E-state index in [1.165, 1.54) is 47.8 Å². The first-order valence-electron chi connectivity index (χ1n) is 7.48. The van der Waals surface area contributed by atoms with Gasteiger partial charge in [-0.2, -0.15) is 0 Å². The Morgan fingerprint density at radius 3 is 2.47 bits per heavy atom. The average molecular weight is 253 g/mol. The molecule has 1 aliphatic carbocycles. The van der Waals surface area contributed by atoms with Crippen LogP contribution in [0.4, 0.5) is 0 Å². The van der Waals surface area contributed by atoms with Crippen LogP contribution in [-0.2, 0) is 18.3 Å². The molecule has 0 unspecified atom stereocenters. The molecule has 1 heterocycles. The number of para-hydroxylation sites is 1. The van der Waals surface area contributed by atoms with Gasteiger partial charge in [0.15, 0.2) is 0 Å². The maximum atomic E-state index is 4.95. The summed E-state index contributed by atoms with van der Waals surface area (Å²) in [5, 5.41) is 1.36. The van der Waals surface area contributed by atoms with Gasteiger partial charge in [0.05, 0.1) is 5.52 Å². The normalized spacial score (nSPS) is 16.2. The Bertz CT molecular complexity index is 605. The summed E-state index contributed by atoms with van der Waals surface area (Å²) in [5.74, 6) is 0. The first kappa shape index (κ1) is 12.7. The molecule has 19 heavy (non-hydrogen) atoms. The van der Waals surface area contributed by atoms with E-state index in [4.69, 9.17) is 4.98 Å². The first-order chi connectivity index (χ1) is 9.07. The molecule has 1 heteroatoms. The summed E-state index contributed by atoms with van der Waals surface area (Å²) in [6.07, 6.45) is 6.32. The third-order valence-electron chi connectivity index (χ3n) is 4.17. The smallest absolute Gasteiger partial charge is 0.0708 e. The highest BCUT2D eigenvalue weighted by Gasteiger charge is 2.24. The quantitative estimate of drug-likeness (QED) is 0.614. The van der Waals surface area contributed by atoms with Gasteiger partial charge in [0.1, 0.15) is 0 Å². The Morgan fingerprint density at radius 2 is 1.68 bits per heavy atom. The molecular formula is C18H23N. The summed E-state index contributed by atoms with van der Waals surface area (Å²) in [6.45, 7) is 7.00. The van der Waals surface area contributed by atoms with Crippen molar-refractivity contribution in [2.75, 3.05) is 0 Å². The highest BCUT2D eigenvalue weighted by molar-refractivity contribution is 5.84. The van der Waals surface area contributed by atoms with Crippen molar-refractivity contribution in [3.63, 3.8) is 0 Å². The Kier molecular flexibility index (Phi) is 3.08. The summed E-state index contributed by atoms with van der Waals surface area (Å²) in [7, 11) is 0. The maximum absolute atomic E-state index is 4.95. The summed E-state index contributed by atoms with van der Waals surface area (Å²) >= 11 is 0. The van der Waals surface area contributed by atoms with Gasteiger partial charge in [-0.15, -0.1) is 0 Å². The third-order valence-corrected chi connectivity index (χ3v) is 4.17. The van der Waals surface area contributed by atoms with Gasteiger partial charge in [-0.25, -0.2) is 0 Å². The lowest BCUT2D eigenvalue weighted by Gasteiger charge is -2.26. The molecule has 0 atom stereocenters. The second kappa shape index (κ2) is 4.63. The minimum absolute atomic E-state index is 0.191. The van der Waals surface area contributed by atoms with Gasteiger partial charge >= 0.3 is 0 Å². The van der Waals surface area contributed by atoms with E-state index in [2.05, 4.69) is 45.0 Å². The fourth-order valence-corrected chi connectivity index (χ4v) is 3.41. The Morgan fingerprint density at radius 1 is 0.947 bits per heavy atom. The number of hydrogen-bond acceptors (Lipinski definition) is 1. The van der Waals surface area contributed by atoms with Gasteiger partial charge in [-0.1, -0.05) is 45.4 Å². The molecular weight excluding hydrogens is 230 g/mol. The molecule has 2 aromatic rings. The van der Waals surface area contributed by atoms with Gasteiger partial charge in [0.2, 0.25) is 0 Å². The zero-order valence-corrected chi connectivity index (χ0v) is 12.3. The monoisotopic (exact) mass is 253 g/mol. The predicted molar refractivity (Wildman–Crippen MR) is 81.7 cm³/mol. The van der Waals surface area contributed by atoms with E-state index in [0.717, 1.165) is 6.42 Å². The molecule has 0 aliphatic heterocycles. The van der Waals surface area contributed by atoms with Gasteiger partial charge in [-0.3, -0.25) is 4.98 Å². The first-order valence-corrected chi connectivity index (χ1v) is 7.48. The van der Waals surface area contributed by atoms with Crippen LogP contribution in [0.3, 0.4) is 0 Å². The minimum Gasteiger partial charge on any atom is -0.253 e. The molecule has 0 saturated carbocycles. The summed E-state index contributed by atoms with van der Waals surface area (Å²) in [5.41, 5.74) is 5.81. The molecule has 0 N–H and O–H groups in total. The van der Waals surface area contributed by atoms with Crippen LogP contribution in [0.5, 0.6) is 0 Å². The predicted octanol–water partition coefficient (Wildman–Crippen LogP) is 4.80. The van der Waals surface area contributed by atoms with Crippen molar-refractivity contribution in [3.8, 4) is 0 Å². The number of nitrogens with zero attached hydrogens (tertiary/aromatic N) is 1. The van der Waals surface area contributed by atoms with Crippen molar-refractivity contribution in [2.24, 2.45) is 0 Å². The Balaban J connectivity index is 2.37. The molecule has 1 aromatic carbocycles. The molecule has 0 fully saturated rings. The number of aromatic nitrogens is 1. The van der Waals surface area contributed by atoms with Crippen molar-refractivity contribution in [3.05, 3.63) is 41.1 Å². The van der Waals surface area contributed by atoms with Crippen molar-refractivity contribution in [2.45, 2.75) is 58.3 Å². The van der Waals surface area contributed by atoms with Crippen LogP contribution in [0.1, 0.15) is 56.9 Å². The Hall–Kier alpha value is -1.37. The maximum Gasteiger partial charge on any atom is 0.0708 e. The zero-order valence-electron chi connectivity index (χ0n) is 12.3. The third kappa shape index (κ3) is 2.27. The number of benzene rings is 1. The molecule has 0 saturated heterocycles. The van der Waals surface area contributed by atoms with Gasteiger partial charge in [0.25, 0.3) is 0 Å². The van der Waals surface area contributed by atoms with Crippen LogP contribution in [0.25, 0.3) is 10.9 Å². The van der Waals surface area contributed by atoms with Gasteiger partial charge in [-0.05, 0) is 48.3 Å². The van der Waals surface area contributed by atoms with E-state index in [1.807, 2.05) is 0 Å². The second-order valence-electron chi connectivity index (χ2n) is 6.74. The molecule has 100 valence electrons. The summed E-state index contributed by atoms with van der Waals surface area (Å²) in [4.78, 5) is 4.95. The van der Waals surface area contributed by atoms with Crippen molar-refractivity contribution in [1.29, 1.82) is 0 Å². The number of pyridine rings is 1. The highest BCUT2D eigenvalue weighted by Crippen LogP contribution is 2.36. The molecule has 0 radical (unpaired) electrons. The van der Waals surface area contributed by atoms with Crippen LogP contribution < -0.4 is 0 Å². The van der Waals surface area contributed by atoms with Crippen LogP contribution in [0.15, 0.2) is 24.3 Å². The fourth-order valence-electron chi connectivity index (χ4n) is 3.41. The number of aryl methyl sites for hydroxylation is 1. The topological polar surface area (TPSA) is 12.9 Å². The molecule has 0 bridgehead atoms. The van der Waals surface area contributed by atoms with Crippen LogP contribution >= 0.6 is 0 Å². The summed E-state index contributed by atoms with van der Waals surface area (Å²) < 4.78 is 0. The molecule has 0 spiro atoms. The van der Waals surface area contributed by atoms with E-state index in [-0.39, 0.29) is 5.41 Å². The fraction of sp³-hybridized carbons (Fsp3) is 0.500. The van der Waals surface area contributed by atoms with Crippen LogP contribution in [-0.4, -0.2) is 4.98 Å². The molecule has 1 aromatic heterocycles. The molecule has 3 rings (SSSR count). The SMILES string of the molecule is CC(C)(C)c1c2c(nc3ccccc13)CCCCC2. The second-order valence-corrected chi connectivity index (χ2v) is 6.74. The van der Waals surface area contributed by atoms with Crippen molar-refractivity contribution in [1.82, 2.24) is 4.98 Å². The minimum atomic E-state index is 0.191. The molecule has 0 amide bonds. The highest BCUT2D eigenvalue weighted by atomic mass is 14.7. The van der Waals surface area contributed by atoms with E-state index in [1.54, 1.807) is 5.56 Å². The van der Waals surface area contributed by atoms with E-state index in [9.17, 15) is 0 Å². The van der Waals surface area contributed by atoms with E-state index in [0.29, 0.717) is 0 Å². The number of hydrogen-bond donors (Lipinski definition) is 0. The van der Waals surface area contributed by atoms with Crippen LogP contribution in [0.2, 0.25) is 0 Å². The lowest BCUT2D eigenvalue weighted by molar-refractivity contribution is 0.585. The summed E-state index contributed by atoms with van der Waals surface area (Å²) in [6, 6.07) is 8.65. The van der Waals surface area contributed by atoms with Crippen LogP contribution in [0, 0.1) is 0 Å². The number of rotatable bonds is 0. The van der Waals surface area contributed by atoms with E-state index >= 15 is 0 Å². The average Bonchev–Trinajstić information content (AvgIpc) is 2.59. The van der Waals surface area contributed by atoms with Gasteiger partial charge in [0, 0.05) is 11.1 Å². The molecule has 1 aliphatic rings. The standard InChI is InChI=1S/C18H23N/c1-18(2,3)17-13-9-5-4-6-11-15(13)19-16-12-8-7-10-14(16)17/h7-8,10,12H,4-6,9,11H2,1-3H3. The number of fused-ring (bicyclic) bond motifs is 2.